The molecule has 0 N–H and O–H groups in total. The standard InChI is InChI=1S/C26H19F6N3O3S/c1-35(14-15-9-19(25(27,28)29)12-20(10-15)26(30,31)32)23(36)22-21(13-33-24(34-22)39(2,37)38)18-8-7-16-5-3-4-6-17(16)11-18/h3-13H,14H2,1-2H3. The Morgan fingerprint density at radius 2 is 1.46 bits per heavy atom. The average Bonchev–Trinajstić information content (AvgIpc) is 2.85. The number of carbonyl (C=O) groups excluding carboxylic acids is 1. The summed E-state index contributed by atoms with van der Waals surface area (Å²) in [4.78, 5) is 22.1. The maximum absolute atomic E-state index is 13.4. The molecular weight excluding hydrogens is 548 g/mol. The summed E-state index contributed by atoms with van der Waals surface area (Å²) in [5.74, 6) is -0.934. The number of hydrogen-bond donors (Lipinski definition) is 0. The Morgan fingerprint density at radius 3 is 2.03 bits per heavy atom. The maximum atomic E-state index is 13.4. The van der Waals surface area contributed by atoms with Crippen LogP contribution in [0.5, 0.6) is 0 Å². The van der Waals surface area contributed by atoms with Crippen LogP contribution < -0.4 is 0 Å². The predicted molar refractivity (Wildman–Crippen MR) is 130 cm³/mol. The summed E-state index contributed by atoms with van der Waals surface area (Å²) in [6.07, 6.45) is -8.14. The fourth-order valence-electron chi connectivity index (χ4n) is 3.91. The van der Waals surface area contributed by atoms with Crippen LogP contribution in [0.15, 0.2) is 72.0 Å². The van der Waals surface area contributed by atoms with Crippen LogP contribution in [0.1, 0.15) is 27.2 Å². The van der Waals surface area contributed by atoms with Crippen molar-refractivity contribution in [2.24, 2.45) is 0 Å². The fourth-order valence-corrected chi connectivity index (χ4v) is 4.41. The first-order valence-electron chi connectivity index (χ1n) is 11.1. The van der Waals surface area contributed by atoms with E-state index < -0.39 is 56.5 Å². The molecule has 0 atom stereocenters. The van der Waals surface area contributed by atoms with Crippen molar-refractivity contribution in [2.45, 2.75) is 24.1 Å². The Kier molecular flexibility index (Phi) is 7.15. The van der Waals surface area contributed by atoms with Gasteiger partial charge in [-0.25, -0.2) is 18.4 Å². The largest absolute Gasteiger partial charge is 0.416 e. The molecule has 0 spiro atoms. The van der Waals surface area contributed by atoms with Crippen molar-refractivity contribution in [1.29, 1.82) is 0 Å². The Labute approximate surface area is 218 Å². The molecular formula is C26H19F6N3O3S. The van der Waals surface area contributed by atoms with Gasteiger partial charge in [0.1, 0.15) is 5.69 Å². The molecule has 0 aliphatic carbocycles. The monoisotopic (exact) mass is 567 g/mol. The van der Waals surface area contributed by atoms with Crippen molar-refractivity contribution in [3.63, 3.8) is 0 Å². The summed E-state index contributed by atoms with van der Waals surface area (Å²) < 4.78 is 104. The van der Waals surface area contributed by atoms with Gasteiger partial charge in [0.05, 0.1) is 11.1 Å². The van der Waals surface area contributed by atoms with Crippen LogP contribution in [0.2, 0.25) is 0 Å². The summed E-state index contributed by atoms with van der Waals surface area (Å²) >= 11 is 0. The van der Waals surface area contributed by atoms with Gasteiger partial charge in [0, 0.05) is 31.6 Å². The lowest BCUT2D eigenvalue weighted by molar-refractivity contribution is -0.143. The molecule has 0 bridgehead atoms. The lowest BCUT2D eigenvalue weighted by Gasteiger charge is -2.21. The molecule has 0 saturated heterocycles. The van der Waals surface area contributed by atoms with Gasteiger partial charge in [0.15, 0.2) is 0 Å². The number of aromatic nitrogens is 2. The minimum atomic E-state index is -5.06. The number of halogens is 6. The number of sulfone groups is 1. The van der Waals surface area contributed by atoms with E-state index in [2.05, 4.69) is 9.97 Å². The number of alkyl halides is 6. The minimum Gasteiger partial charge on any atom is -0.336 e. The lowest BCUT2D eigenvalue weighted by atomic mass is 10.0. The maximum Gasteiger partial charge on any atom is 0.416 e. The molecule has 0 radical (unpaired) electrons. The van der Waals surface area contributed by atoms with Crippen molar-refractivity contribution >= 4 is 26.5 Å². The Morgan fingerprint density at radius 1 is 0.872 bits per heavy atom. The number of fused-ring (bicyclic) bond motifs is 1. The molecule has 0 aliphatic rings. The molecule has 3 aromatic carbocycles. The zero-order valence-electron chi connectivity index (χ0n) is 20.3. The number of hydrogen-bond acceptors (Lipinski definition) is 5. The zero-order valence-corrected chi connectivity index (χ0v) is 21.1. The lowest BCUT2D eigenvalue weighted by Crippen LogP contribution is -2.28. The Hall–Kier alpha value is -4.00. The van der Waals surface area contributed by atoms with Gasteiger partial charge in [-0.1, -0.05) is 36.4 Å². The predicted octanol–water partition coefficient (Wildman–Crippen LogP) is 6.01. The van der Waals surface area contributed by atoms with Crippen LogP contribution in [0.4, 0.5) is 26.3 Å². The zero-order chi connectivity index (χ0) is 28.8. The minimum absolute atomic E-state index is 0.00798. The number of amides is 1. The SMILES string of the molecule is CN(Cc1cc(C(F)(F)F)cc(C(F)(F)F)c1)C(=O)c1nc(S(C)(=O)=O)ncc1-c1ccc2ccccc2c1. The highest BCUT2D eigenvalue weighted by Gasteiger charge is 2.37. The average molecular weight is 568 g/mol. The molecule has 0 unspecified atom stereocenters. The number of rotatable bonds is 5. The first-order chi connectivity index (χ1) is 18.0. The van der Waals surface area contributed by atoms with E-state index >= 15 is 0 Å². The van der Waals surface area contributed by atoms with Gasteiger partial charge in [-0.05, 0) is 46.2 Å². The smallest absolute Gasteiger partial charge is 0.336 e. The second-order valence-corrected chi connectivity index (χ2v) is 10.7. The highest BCUT2D eigenvalue weighted by Crippen LogP contribution is 2.37. The van der Waals surface area contributed by atoms with E-state index in [0.29, 0.717) is 17.7 Å². The van der Waals surface area contributed by atoms with Gasteiger partial charge in [-0.15, -0.1) is 0 Å². The molecule has 0 aliphatic heterocycles. The first-order valence-corrected chi connectivity index (χ1v) is 13.0. The van der Waals surface area contributed by atoms with Crippen LogP contribution in [0.25, 0.3) is 21.9 Å². The molecule has 4 aromatic rings. The number of carbonyl (C=O) groups is 1. The molecule has 204 valence electrons. The van der Waals surface area contributed by atoms with E-state index in [-0.39, 0.29) is 17.3 Å². The van der Waals surface area contributed by atoms with Gasteiger partial charge >= 0.3 is 12.4 Å². The number of nitrogens with zero attached hydrogens (tertiary/aromatic N) is 3. The molecule has 1 aromatic heterocycles. The van der Waals surface area contributed by atoms with Gasteiger partial charge in [0.2, 0.25) is 15.0 Å². The second kappa shape index (κ2) is 9.95. The van der Waals surface area contributed by atoms with Crippen LogP contribution in [-0.4, -0.2) is 42.5 Å². The van der Waals surface area contributed by atoms with E-state index in [1.54, 1.807) is 24.3 Å². The van der Waals surface area contributed by atoms with Gasteiger partial charge in [0.25, 0.3) is 5.91 Å². The summed E-state index contributed by atoms with van der Waals surface area (Å²) in [5, 5.41) is 1.00. The molecule has 0 fully saturated rings. The Balaban J connectivity index is 1.78. The van der Waals surface area contributed by atoms with Crippen molar-refractivity contribution < 1.29 is 39.6 Å². The summed E-state index contributed by atoms with van der Waals surface area (Å²) in [7, 11) is -2.81. The van der Waals surface area contributed by atoms with Gasteiger partial charge in [-0.2, -0.15) is 26.3 Å². The normalized spacial score (nSPS) is 12.5. The van der Waals surface area contributed by atoms with E-state index in [4.69, 9.17) is 0 Å². The first kappa shape index (κ1) is 28.0. The van der Waals surface area contributed by atoms with E-state index in [1.165, 1.54) is 0 Å². The number of benzene rings is 3. The van der Waals surface area contributed by atoms with Crippen molar-refractivity contribution in [1.82, 2.24) is 14.9 Å². The quantitative estimate of drug-likeness (QED) is 0.218. The van der Waals surface area contributed by atoms with Crippen molar-refractivity contribution in [2.75, 3.05) is 13.3 Å². The third-order valence-electron chi connectivity index (χ3n) is 5.78. The topological polar surface area (TPSA) is 80.2 Å². The van der Waals surface area contributed by atoms with Crippen molar-refractivity contribution in [3.8, 4) is 11.1 Å². The van der Waals surface area contributed by atoms with Crippen LogP contribution >= 0.6 is 0 Å². The highest BCUT2D eigenvalue weighted by atomic mass is 32.2. The molecule has 13 heteroatoms. The molecule has 4 rings (SSSR count). The van der Waals surface area contributed by atoms with Crippen LogP contribution in [0.3, 0.4) is 0 Å². The van der Waals surface area contributed by atoms with E-state index in [0.717, 1.165) is 35.2 Å². The molecule has 1 heterocycles. The van der Waals surface area contributed by atoms with E-state index in [9.17, 15) is 39.6 Å². The van der Waals surface area contributed by atoms with Crippen molar-refractivity contribution in [3.05, 3.63) is 89.2 Å². The highest BCUT2D eigenvalue weighted by molar-refractivity contribution is 7.90. The summed E-state index contributed by atoms with van der Waals surface area (Å²) in [5.41, 5.74) is -3.28. The second-order valence-electron chi connectivity index (χ2n) is 8.82. The summed E-state index contributed by atoms with van der Waals surface area (Å²) in [6, 6.07) is 13.4. The summed E-state index contributed by atoms with van der Waals surface area (Å²) in [6.45, 7) is -0.652. The molecule has 0 saturated carbocycles. The fraction of sp³-hybridized carbons (Fsp3) is 0.192. The Bertz CT molecular complexity index is 1650. The van der Waals surface area contributed by atoms with Gasteiger partial charge in [-0.3, -0.25) is 4.79 Å². The van der Waals surface area contributed by atoms with Crippen LogP contribution in [-0.2, 0) is 28.7 Å². The third kappa shape index (κ3) is 6.19. The third-order valence-corrected chi connectivity index (χ3v) is 6.64. The van der Waals surface area contributed by atoms with E-state index in [1.807, 2.05) is 18.2 Å². The van der Waals surface area contributed by atoms with Gasteiger partial charge < -0.3 is 4.90 Å². The van der Waals surface area contributed by atoms with Crippen LogP contribution in [0, 0.1) is 0 Å². The molecule has 1 amide bonds. The molecule has 39 heavy (non-hydrogen) atoms. The molecule has 6 nitrogen and oxygen atoms in total.